The predicted molar refractivity (Wildman–Crippen MR) is 122 cm³/mol. The zero-order valence-electron chi connectivity index (χ0n) is 18.0. The fourth-order valence-corrected chi connectivity index (χ4v) is 3.75. The number of anilines is 1. The molecule has 1 amide bonds. The number of carbonyl (C=O) groups is 2. The number of aryl methyl sites for hydroxylation is 4. The van der Waals surface area contributed by atoms with Crippen LogP contribution < -0.4 is 5.32 Å². The number of thioether (sulfide) groups is 1. The van der Waals surface area contributed by atoms with Crippen LogP contribution in [-0.2, 0) is 14.3 Å². The first-order chi connectivity index (χ1) is 14.8. The topological polar surface area (TPSA) is 81.2 Å². The lowest BCUT2D eigenvalue weighted by Gasteiger charge is -2.19. The second kappa shape index (κ2) is 10.2. The van der Waals surface area contributed by atoms with Gasteiger partial charge in [0.15, 0.2) is 5.16 Å². The Morgan fingerprint density at radius 2 is 1.65 bits per heavy atom. The van der Waals surface area contributed by atoms with Crippen molar-refractivity contribution in [3.63, 3.8) is 0 Å². The fourth-order valence-electron chi connectivity index (χ4n) is 3.02. The minimum Gasteiger partial charge on any atom is -0.447 e. The molecule has 160 valence electrons. The summed E-state index contributed by atoms with van der Waals surface area (Å²) < 4.78 is 5.60. The van der Waals surface area contributed by atoms with Crippen molar-refractivity contribution in [1.29, 1.82) is 0 Å². The molecule has 0 radical (unpaired) electrons. The van der Waals surface area contributed by atoms with Gasteiger partial charge in [-0.15, -0.1) is 0 Å². The van der Waals surface area contributed by atoms with Crippen LogP contribution >= 0.6 is 11.8 Å². The van der Waals surface area contributed by atoms with Crippen molar-refractivity contribution in [3.05, 3.63) is 82.7 Å². The van der Waals surface area contributed by atoms with E-state index < -0.39 is 18.0 Å². The third kappa shape index (κ3) is 6.39. The molecule has 0 fully saturated rings. The van der Waals surface area contributed by atoms with Gasteiger partial charge in [-0.05, 0) is 51.0 Å². The first kappa shape index (κ1) is 22.5. The van der Waals surface area contributed by atoms with Crippen LogP contribution in [0.4, 0.5) is 5.69 Å². The molecule has 1 atom stereocenters. The molecule has 1 N–H and O–H groups in total. The second-order valence-corrected chi connectivity index (χ2v) is 8.25. The molecule has 7 heteroatoms. The van der Waals surface area contributed by atoms with E-state index in [-0.39, 0.29) is 5.75 Å². The number of carbonyl (C=O) groups excluding carboxylic acids is 2. The van der Waals surface area contributed by atoms with E-state index in [1.165, 1.54) is 11.8 Å². The van der Waals surface area contributed by atoms with Crippen LogP contribution in [0.15, 0.2) is 59.8 Å². The Balaban J connectivity index is 1.73. The summed E-state index contributed by atoms with van der Waals surface area (Å²) in [6.07, 6.45) is -1.06. The standard InChI is InChI=1S/C24H25N3O3S/c1-15-10-11-16(2)20(12-15)27-23(29)22(19-8-6-5-7-9-19)30-21(28)14-31-24-25-17(3)13-18(4)26-24/h5-13,22H,14H2,1-4H3,(H,27,29). The van der Waals surface area contributed by atoms with Gasteiger partial charge in [0.25, 0.3) is 5.91 Å². The van der Waals surface area contributed by atoms with Crippen LogP contribution in [0.1, 0.15) is 34.2 Å². The first-order valence-corrected chi connectivity index (χ1v) is 10.9. The maximum absolute atomic E-state index is 13.1. The molecule has 3 aromatic rings. The highest BCUT2D eigenvalue weighted by atomic mass is 32.2. The van der Waals surface area contributed by atoms with E-state index in [2.05, 4.69) is 15.3 Å². The largest absolute Gasteiger partial charge is 0.447 e. The fraction of sp³-hybridized carbons (Fsp3) is 0.250. The maximum atomic E-state index is 13.1. The number of aromatic nitrogens is 2. The molecule has 2 aromatic carbocycles. The van der Waals surface area contributed by atoms with Crippen molar-refractivity contribution in [1.82, 2.24) is 9.97 Å². The molecule has 1 unspecified atom stereocenters. The van der Waals surface area contributed by atoms with Gasteiger partial charge in [0.1, 0.15) is 0 Å². The van der Waals surface area contributed by atoms with Crippen molar-refractivity contribution >= 4 is 29.3 Å². The molecule has 1 heterocycles. The summed E-state index contributed by atoms with van der Waals surface area (Å²) in [5.74, 6) is -0.915. The van der Waals surface area contributed by atoms with Gasteiger partial charge in [-0.2, -0.15) is 0 Å². The van der Waals surface area contributed by atoms with Gasteiger partial charge in [-0.25, -0.2) is 9.97 Å². The molecule has 31 heavy (non-hydrogen) atoms. The van der Waals surface area contributed by atoms with Crippen molar-refractivity contribution in [2.24, 2.45) is 0 Å². The first-order valence-electron chi connectivity index (χ1n) is 9.89. The molecule has 0 saturated heterocycles. The molecule has 6 nitrogen and oxygen atoms in total. The Hall–Kier alpha value is -3.19. The Labute approximate surface area is 186 Å². The molecular weight excluding hydrogens is 410 g/mol. The van der Waals surface area contributed by atoms with Crippen molar-refractivity contribution in [3.8, 4) is 0 Å². The number of hydrogen-bond donors (Lipinski definition) is 1. The summed E-state index contributed by atoms with van der Waals surface area (Å²) in [6, 6.07) is 16.7. The minimum absolute atomic E-state index is 0.00296. The lowest BCUT2D eigenvalue weighted by Crippen LogP contribution is -2.27. The normalized spacial score (nSPS) is 11.6. The van der Waals surface area contributed by atoms with Gasteiger partial charge >= 0.3 is 5.97 Å². The van der Waals surface area contributed by atoms with Gasteiger partial charge in [-0.3, -0.25) is 9.59 Å². The summed E-state index contributed by atoms with van der Waals surface area (Å²) in [5, 5.41) is 3.40. The van der Waals surface area contributed by atoms with E-state index in [1.54, 1.807) is 24.3 Å². The van der Waals surface area contributed by atoms with E-state index >= 15 is 0 Å². The predicted octanol–water partition coefficient (Wildman–Crippen LogP) is 4.73. The second-order valence-electron chi connectivity index (χ2n) is 7.31. The maximum Gasteiger partial charge on any atom is 0.317 e. The van der Waals surface area contributed by atoms with E-state index in [0.29, 0.717) is 16.4 Å². The number of esters is 1. The van der Waals surface area contributed by atoms with Crippen LogP contribution in [0.2, 0.25) is 0 Å². The van der Waals surface area contributed by atoms with Crippen molar-refractivity contribution in [2.45, 2.75) is 39.0 Å². The van der Waals surface area contributed by atoms with Crippen LogP contribution in [0.5, 0.6) is 0 Å². The van der Waals surface area contributed by atoms with Crippen LogP contribution in [0.25, 0.3) is 0 Å². The van der Waals surface area contributed by atoms with E-state index in [4.69, 9.17) is 4.74 Å². The van der Waals surface area contributed by atoms with Crippen molar-refractivity contribution < 1.29 is 14.3 Å². The van der Waals surface area contributed by atoms with E-state index in [0.717, 1.165) is 22.5 Å². The van der Waals surface area contributed by atoms with Crippen LogP contribution in [0, 0.1) is 27.7 Å². The number of rotatable bonds is 7. The highest BCUT2D eigenvalue weighted by molar-refractivity contribution is 7.99. The van der Waals surface area contributed by atoms with E-state index in [9.17, 15) is 9.59 Å². The van der Waals surface area contributed by atoms with Gasteiger partial charge in [-0.1, -0.05) is 54.2 Å². The number of ether oxygens (including phenoxy) is 1. The highest BCUT2D eigenvalue weighted by Gasteiger charge is 2.25. The summed E-state index contributed by atoms with van der Waals surface area (Å²) in [5.41, 5.74) is 4.92. The molecule has 0 bridgehead atoms. The molecule has 0 aliphatic rings. The number of benzene rings is 2. The molecular formula is C24H25N3O3S. The molecule has 0 saturated carbocycles. The average molecular weight is 436 g/mol. The number of nitrogens with zero attached hydrogens (tertiary/aromatic N) is 2. The number of nitrogens with one attached hydrogen (secondary N) is 1. The van der Waals surface area contributed by atoms with Gasteiger partial charge in [0.2, 0.25) is 6.10 Å². The minimum atomic E-state index is -1.06. The molecule has 0 aliphatic carbocycles. The highest BCUT2D eigenvalue weighted by Crippen LogP contribution is 2.24. The Bertz CT molecular complexity index is 1070. The smallest absolute Gasteiger partial charge is 0.317 e. The summed E-state index contributed by atoms with van der Waals surface area (Å²) in [6.45, 7) is 7.62. The zero-order chi connectivity index (χ0) is 22.4. The van der Waals surface area contributed by atoms with Crippen LogP contribution in [-0.4, -0.2) is 27.6 Å². The van der Waals surface area contributed by atoms with Crippen molar-refractivity contribution in [2.75, 3.05) is 11.1 Å². The zero-order valence-corrected chi connectivity index (χ0v) is 18.8. The Kier molecular flexibility index (Phi) is 7.41. The SMILES string of the molecule is Cc1ccc(C)c(NC(=O)C(OC(=O)CSc2nc(C)cc(C)n2)c2ccccc2)c1. The Morgan fingerprint density at radius 1 is 0.968 bits per heavy atom. The van der Waals surface area contributed by atoms with E-state index in [1.807, 2.05) is 58.0 Å². The van der Waals surface area contributed by atoms with Gasteiger partial charge < -0.3 is 10.1 Å². The molecule has 0 aliphatic heterocycles. The summed E-state index contributed by atoms with van der Waals surface area (Å²) >= 11 is 1.19. The number of amides is 1. The Morgan fingerprint density at radius 3 is 2.32 bits per heavy atom. The van der Waals surface area contributed by atoms with Crippen LogP contribution in [0.3, 0.4) is 0 Å². The third-order valence-corrected chi connectivity index (χ3v) is 5.34. The lowest BCUT2D eigenvalue weighted by molar-refractivity contribution is -0.152. The summed E-state index contributed by atoms with van der Waals surface area (Å²) in [7, 11) is 0. The summed E-state index contributed by atoms with van der Waals surface area (Å²) in [4.78, 5) is 34.3. The molecule has 3 rings (SSSR count). The monoisotopic (exact) mass is 435 g/mol. The van der Waals surface area contributed by atoms with Gasteiger partial charge in [0.05, 0.1) is 5.75 Å². The third-order valence-electron chi connectivity index (χ3n) is 4.52. The number of hydrogen-bond acceptors (Lipinski definition) is 6. The molecule has 0 spiro atoms. The quantitative estimate of drug-likeness (QED) is 0.328. The van der Waals surface area contributed by atoms with Gasteiger partial charge in [0, 0.05) is 22.6 Å². The average Bonchev–Trinajstić information content (AvgIpc) is 2.73. The molecule has 1 aromatic heterocycles. The lowest BCUT2D eigenvalue weighted by atomic mass is 10.1.